The maximum absolute atomic E-state index is 12.9. The first-order valence-electron chi connectivity index (χ1n) is 8.80. The van der Waals surface area contributed by atoms with Gasteiger partial charge in [-0.25, -0.2) is 26.8 Å². The van der Waals surface area contributed by atoms with Crippen molar-refractivity contribution < 1.29 is 26.4 Å². The number of piperazine rings is 1. The average Bonchev–Trinajstić information content (AvgIpc) is 2.72. The summed E-state index contributed by atoms with van der Waals surface area (Å²) in [6, 6.07) is 9.96. The Bertz CT molecular complexity index is 1180. The summed E-state index contributed by atoms with van der Waals surface area (Å²) in [7, 11) is -6.53. The number of nitrogens with two attached hydrogens (primary N) is 1. The molecule has 1 heterocycles. The molecular formula is C18H20ClN3O6S2. The van der Waals surface area contributed by atoms with Crippen molar-refractivity contribution in [2.45, 2.75) is 9.79 Å². The Hall–Kier alpha value is -2.18. The van der Waals surface area contributed by atoms with E-state index in [2.05, 4.69) is 0 Å². The molecule has 2 N–H and O–H groups in total. The highest BCUT2D eigenvalue weighted by atomic mass is 35.5. The van der Waals surface area contributed by atoms with Gasteiger partial charge in [-0.15, -0.1) is 0 Å². The van der Waals surface area contributed by atoms with Crippen LogP contribution in [0, 0.1) is 0 Å². The van der Waals surface area contributed by atoms with Crippen LogP contribution in [0.5, 0.6) is 0 Å². The maximum atomic E-state index is 12.9. The smallest absolute Gasteiger partial charge is 0.340 e. The number of ether oxygens (including phenoxy) is 1. The van der Waals surface area contributed by atoms with Crippen molar-refractivity contribution in [2.75, 3.05) is 38.2 Å². The number of rotatable bonds is 5. The third-order valence-electron chi connectivity index (χ3n) is 4.72. The molecule has 0 aromatic heterocycles. The topological polar surface area (TPSA) is 127 Å². The van der Waals surface area contributed by atoms with Crippen LogP contribution in [0.4, 0.5) is 5.69 Å². The lowest BCUT2D eigenvalue weighted by Crippen LogP contribution is -2.49. The molecule has 0 aliphatic carbocycles. The van der Waals surface area contributed by atoms with Crippen LogP contribution in [-0.2, 0) is 24.8 Å². The maximum Gasteiger partial charge on any atom is 0.340 e. The summed E-state index contributed by atoms with van der Waals surface area (Å²) >= 11 is 5.91. The van der Waals surface area contributed by atoms with Gasteiger partial charge in [0.1, 0.15) is 0 Å². The van der Waals surface area contributed by atoms with Gasteiger partial charge in [-0.1, -0.05) is 17.7 Å². The fourth-order valence-corrected chi connectivity index (χ4v) is 5.45. The van der Waals surface area contributed by atoms with Crippen LogP contribution >= 0.6 is 11.6 Å². The lowest BCUT2D eigenvalue weighted by molar-refractivity contribution is 0.0601. The molecule has 3 rings (SSSR count). The summed E-state index contributed by atoms with van der Waals surface area (Å²) in [4.78, 5) is 13.9. The first kappa shape index (κ1) is 22.5. The molecular weight excluding hydrogens is 454 g/mol. The number of nitrogens with zero attached hydrogens (tertiary/aromatic N) is 2. The van der Waals surface area contributed by atoms with Crippen LogP contribution < -0.4 is 10.0 Å². The quantitative estimate of drug-likeness (QED) is 0.648. The molecule has 30 heavy (non-hydrogen) atoms. The Labute approximate surface area is 180 Å². The van der Waals surface area contributed by atoms with Gasteiger partial charge in [0.2, 0.25) is 20.0 Å². The monoisotopic (exact) mass is 473 g/mol. The number of halogens is 1. The van der Waals surface area contributed by atoms with Crippen molar-refractivity contribution in [3.8, 4) is 0 Å². The van der Waals surface area contributed by atoms with Gasteiger partial charge in [0.05, 0.1) is 28.2 Å². The Morgan fingerprint density at radius 1 is 1.00 bits per heavy atom. The molecule has 0 unspecified atom stereocenters. The van der Waals surface area contributed by atoms with Crippen LogP contribution in [0.25, 0.3) is 0 Å². The van der Waals surface area contributed by atoms with Crippen LogP contribution in [0.15, 0.2) is 52.3 Å². The second kappa shape index (κ2) is 8.52. The van der Waals surface area contributed by atoms with Crippen molar-refractivity contribution in [3.05, 3.63) is 53.1 Å². The van der Waals surface area contributed by atoms with Crippen molar-refractivity contribution >= 4 is 43.3 Å². The second-order valence-corrected chi connectivity index (χ2v) is 10.5. The lowest BCUT2D eigenvalue weighted by Gasteiger charge is -2.36. The van der Waals surface area contributed by atoms with Crippen molar-refractivity contribution in [1.82, 2.24) is 4.31 Å². The highest BCUT2D eigenvalue weighted by molar-refractivity contribution is 7.89. The molecule has 0 amide bonds. The van der Waals surface area contributed by atoms with Gasteiger partial charge in [-0.3, -0.25) is 0 Å². The van der Waals surface area contributed by atoms with E-state index >= 15 is 0 Å². The standard InChI is InChI=1S/C18H20ClN3O6S2/c1-28-18(23)16-12-14(29(20,24)25)5-6-17(16)21-7-9-22(10-8-21)30(26,27)15-4-2-3-13(19)11-15/h2-6,11-12H,7-10H2,1H3,(H2,20,24,25). The number of primary sulfonamides is 1. The van der Waals surface area contributed by atoms with Crippen LogP contribution in [0.3, 0.4) is 0 Å². The molecule has 2 aromatic rings. The van der Waals surface area contributed by atoms with Gasteiger partial charge < -0.3 is 9.64 Å². The minimum absolute atomic E-state index is 0.0372. The summed E-state index contributed by atoms with van der Waals surface area (Å²) in [5.41, 5.74) is 0.476. The predicted octanol–water partition coefficient (Wildman–Crippen LogP) is 1.28. The van der Waals surface area contributed by atoms with Gasteiger partial charge in [-0.05, 0) is 36.4 Å². The first-order valence-corrected chi connectivity index (χ1v) is 12.2. The Morgan fingerprint density at radius 3 is 2.23 bits per heavy atom. The third kappa shape index (κ3) is 4.60. The van der Waals surface area contributed by atoms with E-state index in [0.29, 0.717) is 23.8 Å². The highest BCUT2D eigenvalue weighted by Crippen LogP contribution is 2.27. The number of hydrogen-bond donors (Lipinski definition) is 1. The highest BCUT2D eigenvalue weighted by Gasteiger charge is 2.30. The number of anilines is 1. The minimum Gasteiger partial charge on any atom is -0.465 e. The third-order valence-corrected chi connectivity index (χ3v) is 7.76. The number of carbonyl (C=O) groups excluding carboxylic acids is 1. The number of esters is 1. The Kier molecular flexibility index (Phi) is 6.39. The summed E-state index contributed by atoms with van der Waals surface area (Å²) < 4.78 is 55.1. The SMILES string of the molecule is COC(=O)c1cc(S(N)(=O)=O)ccc1N1CCN(S(=O)(=O)c2cccc(Cl)c2)CC1. The van der Waals surface area contributed by atoms with E-state index in [1.54, 1.807) is 17.0 Å². The predicted molar refractivity (Wildman–Crippen MR) is 112 cm³/mol. The summed E-state index contributed by atoms with van der Waals surface area (Å²) in [5, 5.41) is 5.48. The molecule has 12 heteroatoms. The Morgan fingerprint density at radius 2 is 1.67 bits per heavy atom. The first-order chi connectivity index (χ1) is 14.0. The van der Waals surface area contributed by atoms with E-state index in [0.717, 1.165) is 6.07 Å². The molecule has 0 atom stereocenters. The lowest BCUT2D eigenvalue weighted by atomic mass is 10.1. The molecule has 0 radical (unpaired) electrons. The second-order valence-electron chi connectivity index (χ2n) is 6.56. The number of hydrogen-bond acceptors (Lipinski definition) is 7. The zero-order valence-electron chi connectivity index (χ0n) is 16.0. The fraction of sp³-hybridized carbons (Fsp3) is 0.278. The van der Waals surface area contributed by atoms with E-state index in [4.69, 9.17) is 21.5 Å². The molecule has 0 saturated carbocycles. The fourth-order valence-electron chi connectivity index (χ4n) is 3.19. The zero-order valence-corrected chi connectivity index (χ0v) is 18.4. The van der Waals surface area contributed by atoms with E-state index in [1.165, 1.54) is 35.7 Å². The van der Waals surface area contributed by atoms with Gasteiger partial charge in [-0.2, -0.15) is 4.31 Å². The number of carbonyl (C=O) groups is 1. The molecule has 1 aliphatic rings. The van der Waals surface area contributed by atoms with Crippen LogP contribution in [0.2, 0.25) is 5.02 Å². The normalized spacial score (nSPS) is 15.8. The molecule has 1 saturated heterocycles. The molecule has 2 aromatic carbocycles. The van der Waals surface area contributed by atoms with Gasteiger partial charge in [0, 0.05) is 31.2 Å². The largest absolute Gasteiger partial charge is 0.465 e. The average molecular weight is 474 g/mol. The van der Waals surface area contributed by atoms with Crippen LogP contribution in [-0.4, -0.2) is 60.4 Å². The van der Waals surface area contributed by atoms with Crippen molar-refractivity contribution in [2.24, 2.45) is 5.14 Å². The summed E-state index contributed by atoms with van der Waals surface area (Å²) in [5.74, 6) is -0.718. The van der Waals surface area contributed by atoms with E-state index < -0.39 is 26.0 Å². The number of benzene rings is 2. The molecule has 0 bridgehead atoms. The molecule has 1 fully saturated rings. The number of sulfonamides is 2. The summed E-state index contributed by atoms with van der Waals surface area (Å²) in [6.45, 7) is 0.926. The summed E-state index contributed by atoms with van der Waals surface area (Å²) in [6.07, 6.45) is 0. The van der Waals surface area contributed by atoms with Crippen LogP contribution in [0.1, 0.15) is 10.4 Å². The van der Waals surface area contributed by atoms with Gasteiger partial charge in [0.25, 0.3) is 0 Å². The minimum atomic E-state index is -4.00. The van der Waals surface area contributed by atoms with Crippen molar-refractivity contribution in [1.29, 1.82) is 0 Å². The van der Waals surface area contributed by atoms with Gasteiger partial charge in [0.15, 0.2) is 0 Å². The zero-order chi connectivity index (χ0) is 22.1. The Balaban J connectivity index is 1.85. The van der Waals surface area contributed by atoms with E-state index in [-0.39, 0.29) is 28.4 Å². The van der Waals surface area contributed by atoms with Gasteiger partial charge >= 0.3 is 5.97 Å². The molecule has 9 nitrogen and oxygen atoms in total. The molecule has 1 aliphatic heterocycles. The number of methoxy groups -OCH3 is 1. The molecule has 162 valence electrons. The molecule has 0 spiro atoms. The van der Waals surface area contributed by atoms with E-state index in [9.17, 15) is 21.6 Å². The van der Waals surface area contributed by atoms with Crippen molar-refractivity contribution in [3.63, 3.8) is 0 Å². The van der Waals surface area contributed by atoms with E-state index in [1.807, 2.05) is 0 Å².